The highest BCUT2D eigenvalue weighted by Crippen LogP contribution is 2.30. The van der Waals surface area contributed by atoms with Crippen molar-refractivity contribution in [2.75, 3.05) is 13.7 Å². The number of halogens is 1. The molecule has 1 aliphatic carbocycles. The number of methoxy groups -OCH3 is 1. The Kier molecular flexibility index (Phi) is 6.89. The number of carbonyl (C=O) groups is 1. The zero-order chi connectivity index (χ0) is 10.6. The van der Waals surface area contributed by atoms with Crippen LogP contribution in [0.15, 0.2) is 0 Å². The summed E-state index contributed by atoms with van der Waals surface area (Å²) >= 11 is 0. The fourth-order valence-corrected chi connectivity index (χ4v) is 2.06. The van der Waals surface area contributed by atoms with E-state index < -0.39 is 6.04 Å². The first-order chi connectivity index (χ1) is 6.69. The molecule has 0 aromatic rings. The number of nitrogens with two attached hydrogens (primary N) is 1. The Bertz CT molecular complexity index is 193. The van der Waals surface area contributed by atoms with Gasteiger partial charge in [-0.1, -0.05) is 0 Å². The van der Waals surface area contributed by atoms with Gasteiger partial charge in [-0.05, 0) is 37.5 Å². The van der Waals surface area contributed by atoms with Gasteiger partial charge in [0.15, 0.2) is 0 Å². The molecular weight excluding hydrogens is 218 g/mol. The van der Waals surface area contributed by atoms with Crippen molar-refractivity contribution in [3.05, 3.63) is 0 Å². The molecule has 0 aliphatic heterocycles. The Morgan fingerprint density at radius 3 is 2.40 bits per heavy atom. The highest BCUT2D eigenvalue weighted by Gasteiger charge is 2.29. The lowest BCUT2D eigenvalue weighted by molar-refractivity contribution is -0.143. The van der Waals surface area contributed by atoms with Crippen molar-refractivity contribution in [1.29, 1.82) is 0 Å². The fourth-order valence-electron chi connectivity index (χ4n) is 2.06. The maximum Gasteiger partial charge on any atom is 0.322 e. The molecule has 0 heterocycles. The summed E-state index contributed by atoms with van der Waals surface area (Å²) in [4.78, 5) is 11.2. The third-order valence-electron chi connectivity index (χ3n) is 3.13. The third kappa shape index (κ3) is 3.97. The summed E-state index contributed by atoms with van der Waals surface area (Å²) in [6, 6.07) is -0.486. The van der Waals surface area contributed by atoms with Gasteiger partial charge >= 0.3 is 5.97 Å². The molecule has 0 amide bonds. The monoisotopic (exact) mass is 237 g/mol. The van der Waals surface area contributed by atoms with Gasteiger partial charge in [-0.25, -0.2) is 0 Å². The topological polar surface area (TPSA) is 72.5 Å². The number of esters is 1. The maximum absolute atomic E-state index is 11.2. The quantitative estimate of drug-likeness (QED) is 0.709. The second kappa shape index (κ2) is 7.04. The average Bonchev–Trinajstić information content (AvgIpc) is 2.27. The van der Waals surface area contributed by atoms with E-state index in [-0.39, 0.29) is 30.9 Å². The van der Waals surface area contributed by atoms with Gasteiger partial charge in [0, 0.05) is 6.61 Å². The number of rotatable bonds is 3. The lowest BCUT2D eigenvalue weighted by Crippen LogP contribution is -2.40. The Morgan fingerprint density at radius 1 is 1.47 bits per heavy atom. The van der Waals surface area contributed by atoms with E-state index in [9.17, 15) is 4.79 Å². The number of hydrogen-bond donors (Lipinski definition) is 2. The number of aliphatic hydroxyl groups is 1. The molecule has 4 nitrogen and oxygen atoms in total. The van der Waals surface area contributed by atoms with Crippen LogP contribution in [0.25, 0.3) is 0 Å². The van der Waals surface area contributed by atoms with Gasteiger partial charge in [-0.15, -0.1) is 12.4 Å². The first-order valence-electron chi connectivity index (χ1n) is 5.13. The summed E-state index contributed by atoms with van der Waals surface area (Å²) in [5.74, 6) is 0.304. The smallest absolute Gasteiger partial charge is 0.322 e. The van der Waals surface area contributed by atoms with Gasteiger partial charge in [0.05, 0.1) is 7.11 Å². The van der Waals surface area contributed by atoms with E-state index in [2.05, 4.69) is 4.74 Å². The predicted octanol–water partition coefficient (Wildman–Crippen LogP) is 0.707. The summed E-state index contributed by atoms with van der Waals surface area (Å²) in [5.41, 5.74) is 5.75. The Morgan fingerprint density at radius 2 is 2.00 bits per heavy atom. The minimum atomic E-state index is -0.486. The van der Waals surface area contributed by atoms with E-state index in [0.29, 0.717) is 5.92 Å². The molecule has 0 aromatic carbocycles. The molecule has 0 radical (unpaired) electrons. The summed E-state index contributed by atoms with van der Waals surface area (Å²) in [7, 11) is 1.36. The van der Waals surface area contributed by atoms with E-state index in [1.54, 1.807) is 0 Å². The Balaban J connectivity index is 0.00000196. The number of aliphatic hydroxyl groups excluding tert-OH is 1. The summed E-state index contributed by atoms with van der Waals surface area (Å²) in [6.07, 6.45) is 3.76. The minimum absolute atomic E-state index is 0. The van der Waals surface area contributed by atoms with Crippen LogP contribution in [0.5, 0.6) is 0 Å². The molecule has 0 spiro atoms. The first kappa shape index (κ1) is 14.7. The highest BCUT2D eigenvalue weighted by molar-refractivity contribution is 5.85. The summed E-state index contributed by atoms with van der Waals surface area (Å²) in [5, 5.41) is 8.95. The summed E-state index contributed by atoms with van der Waals surface area (Å²) < 4.78 is 4.61. The molecule has 0 bridgehead atoms. The van der Waals surface area contributed by atoms with Gasteiger partial charge in [-0.2, -0.15) is 0 Å². The van der Waals surface area contributed by atoms with Crippen LogP contribution in [0, 0.1) is 11.8 Å². The molecule has 1 fully saturated rings. The largest absolute Gasteiger partial charge is 0.468 e. The maximum atomic E-state index is 11.2. The molecule has 0 unspecified atom stereocenters. The standard InChI is InChI=1S/C10H19NO3.ClH/c1-14-10(13)9(11)8-4-2-7(6-12)3-5-8;/h7-9,12H,2-6,11H2,1H3;1H/t7?,8?,9-;/m0./s1. The second-order valence-corrected chi connectivity index (χ2v) is 4.01. The molecule has 0 aromatic heterocycles. The molecule has 15 heavy (non-hydrogen) atoms. The molecule has 1 saturated carbocycles. The van der Waals surface area contributed by atoms with E-state index in [1.807, 2.05) is 0 Å². The van der Waals surface area contributed by atoms with E-state index >= 15 is 0 Å². The second-order valence-electron chi connectivity index (χ2n) is 4.01. The van der Waals surface area contributed by atoms with Crippen LogP contribution in [-0.4, -0.2) is 30.8 Å². The van der Waals surface area contributed by atoms with Crippen LogP contribution in [0.4, 0.5) is 0 Å². The van der Waals surface area contributed by atoms with Crippen LogP contribution in [0.3, 0.4) is 0 Å². The first-order valence-corrected chi connectivity index (χ1v) is 5.13. The van der Waals surface area contributed by atoms with Crippen molar-refractivity contribution < 1.29 is 14.6 Å². The van der Waals surface area contributed by atoms with Crippen molar-refractivity contribution in [3.63, 3.8) is 0 Å². The van der Waals surface area contributed by atoms with Crippen molar-refractivity contribution >= 4 is 18.4 Å². The number of hydrogen-bond acceptors (Lipinski definition) is 4. The van der Waals surface area contributed by atoms with E-state index in [0.717, 1.165) is 25.7 Å². The van der Waals surface area contributed by atoms with E-state index in [1.165, 1.54) is 7.11 Å². The van der Waals surface area contributed by atoms with Crippen molar-refractivity contribution in [3.8, 4) is 0 Å². The normalized spacial score (nSPS) is 27.7. The zero-order valence-electron chi connectivity index (χ0n) is 9.02. The number of ether oxygens (including phenoxy) is 1. The van der Waals surface area contributed by atoms with Gasteiger partial charge < -0.3 is 15.6 Å². The molecule has 5 heteroatoms. The van der Waals surface area contributed by atoms with E-state index in [4.69, 9.17) is 10.8 Å². The molecular formula is C10H20ClNO3. The van der Waals surface area contributed by atoms with Gasteiger partial charge in [-0.3, -0.25) is 4.79 Å². The van der Waals surface area contributed by atoms with Crippen LogP contribution < -0.4 is 5.73 Å². The molecule has 1 aliphatic rings. The Hall–Kier alpha value is -0.320. The van der Waals surface area contributed by atoms with Crippen molar-refractivity contribution in [2.45, 2.75) is 31.7 Å². The van der Waals surface area contributed by atoms with Crippen molar-refractivity contribution in [1.82, 2.24) is 0 Å². The van der Waals surface area contributed by atoms with Gasteiger partial charge in [0.1, 0.15) is 6.04 Å². The number of carbonyl (C=O) groups excluding carboxylic acids is 1. The van der Waals surface area contributed by atoms with Gasteiger partial charge in [0.25, 0.3) is 0 Å². The molecule has 1 rings (SSSR count). The van der Waals surface area contributed by atoms with Crippen molar-refractivity contribution in [2.24, 2.45) is 17.6 Å². The van der Waals surface area contributed by atoms with Crippen LogP contribution >= 0.6 is 12.4 Å². The van der Waals surface area contributed by atoms with Gasteiger partial charge in [0.2, 0.25) is 0 Å². The minimum Gasteiger partial charge on any atom is -0.468 e. The lowest BCUT2D eigenvalue weighted by Gasteiger charge is -2.29. The lowest BCUT2D eigenvalue weighted by atomic mass is 9.79. The highest BCUT2D eigenvalue weighted by atomic mass is 35.5. The molecule has 90 valence electrons. The molecule has 0 saturated heterocycles. The SMILES string of the molecule is COC(=O)[C@@H](N)C1CCC(CO)CC1.Cl. The van der Waals surface area contributed by atoms with Crippen LogP contribution in [-0.2, 0) is 9.53 Å². The third-order valence-corrected chi connectivity index (χ3v) is 3.13. The summed E-state index contributed by atoms with van der Waals surface area (Å²) in [6.45, 7) is 0.250. The zero-order valence-corrected chi connectivity index (χ0v) is 9.83. The predicted molar refractivity (Wildman–Crippen MR) is 59.8 cm³/mol. The molecule has 1 atom stereocenters. The van der Waals surface area contributed by atoms with Crippen LogP contribution in [0.1, 0.15) is 25.7 Å². The Labute approximate surface area is 96.6 Å². The molecule has 3 N–H and O–H groups in total. The van der Waals surface area contributed by atoms with Crippen LogP contribution in [0.2, 0.25) is 0 Å². The fraction of sp³-hybridized carbons (Fsp3) is 0.900. The average molecular weight is 238 g/mol.